The SMILES string of the molecule is Cc1[nH]c(=O)c(C#N)cc1-c1ccnc(OCCCO[Si](C)(C)C(C)(C)C)c1. The lowest BCUT2D eigenvalue weighted by molar-refractivity contribution is 0.230. The molecule has 2 aromatic heterocycles. The molecule has 7 heteroatoms. The van der Waals surface area contributed by atoms with Gasteiger partial charge in [0.2, 0.25) is 5.88 Å². The maximum absolute atomic E-state index is 11.7. The van der Waals surface area contributed by atoms with Crippen molar-refractivity contribution in [3.63, 3.8) is 0 Å². The Kier molecular flexibility index (Phi) is 6.81. The van der Waals surface area contributed by atoms with Crippen LogP contribution in [-0.2, 0) is 4.43 Å². The zero-order valence-corrected chi connectivity index (χ0v) is 18.5. The molecule has 0 aromatic carbocycles. The lowest BCUT2D eigenvalue weighted by atomic mass is 10.0. The molecule has 0 aliphatic heterocycles. The van der Waals surface area contributed by atoms with E-state index in [1.54, 1.807) is 19.2 Å². The number of pyridine rings is 2. The molecule has 0 atom stereocenters. The van der Waals surface area contributed by atoms with E-state index in [1.165, 1.54) is 0 Å². The van der Waals surface area contributed by atoms with Crippen LogP contribution in [0.3, 0.4) is 0 Å². The van der Waals surface area contributed by atoms with Gasteiger partial charge in [-0.2, -0.15) is 5.26 Å². The molecular formula is C21H29N3O3Si. The van der Waals surface area contributed by atoms with E-state index in [9.17, 15) is 4.79 Å². The third-order valence-corrected chi connectivity index (χ3v) is 9.75. The van der Waals surface area contributed by atoms with Crippen molar-refractivity contribution in [2.75, 3.05) is 13.2 Å². The maximum Gasteiger partial charge on any atom is 0.266 e. The van der Waals surface area contributed by atoms with Crippen LogP contribution >= 0.6 is 0 Å². The average molecular weight is 400 g/mol. The number of aromatic nitrogens is 2. The highest BCUT2D eigenvalue weighted by Crippen LogP contribution is 2.36. The Balaban J connectivity index is 2.00. The number of nitrogens with zero attached hydrogens (tertiary/aromatic N) is 2. The molecule has 28 heavy (non-hydrogen) atoms. The molecule has 1 N–H and O–H groups in total. The van der Waals surface area contributed by atoms with Gasteiger partial charge in [-0.1, -0.05) is 20.8 Å². The van der Waals surface area contributed by atoms with E-state index >= 15 is 0 Å². The Bertz CT molecular complexity index is 924. The molecular weight excluding hydrogens is 370 g/mol. The number of hydrogen-bond acceptors (Lipinski definition) is 5. The van der Waals surface area contributed by atoms with Crippen molar-refractivity contribution in [3.8, 4) is 23.1 Å². The van der Waals surface area contributed by atoms with Crippen molar-refractivity contribution in [2.24, 2.45) is 0 Å². The summed E-state index contributed by atoms with van der Waals surface area (Å²) in [4.78, 5) is 18.7. The first-order valence-corrected chi connectivity index (χ1v) is 12.3. The monoisotopic (exact) mass is 399 g/mol. The van der Waals surface area contributed by atoms with Crippen molar-refractivity contribution in [1.29, 1.82) is 5.26 Å². The second kappa shape index (κ2) is 8.72. The van der Waals surface area contributed by atoms with E-state index in [1.807, 2.05) is 18.2 Å². The average Bonchev–Trinajstić information content (AvgIpc) is 2.61. The summed E-state index contributed by atoms with van der Waals surface area (Å²) in [6, 6.07) is 7.16. The van der Waals surface area contributed by atoms with E-state index in [4.69, 9.17) is 14.4 Å². The fraction of sp³-hybridized carbons (Fsp3) is 0.476. The van der Waals surface area contributed by atoms with Crippen LogP contribution in [0.2, 0.25) is 18.1 Å². The number of aryl methyl sites for hydroxylation is 1. The Labute approximate surface area is 167 Å². The summed E-state index contributed by atoms with van der Waals surface area (Å²) in [7, 11) is -1.73. The first-order chi connectivity index (χ1) is 13.0. The summed E-state index contributed by atoms with van der Waals surface area (Å²) in [5.74, 6) is 0.508. The first-order valence-electron chi connectivity index (χ1n) is 9.42. The molecule has 0 spiro atoms. The molecule has 0 unspecified atom stereocenters. The van der Waals surface area contributed by atoms with Crippen LogP contribution in [0.25, 0.3) is 11.1 Å². The van der Waals surface area contributed by atoms with Crippen LogP contribution in [-0.4, -0.2) is 31.5 Å². The van der Waals surface area contributed by atoms with Gasteiger partial charge in [-0.15, -0.1) is 0 Å². The summed E-state index contributed by atoms with van der Waals surface area (Å²) < 4.78 is 11.9. The molecule has 0 radical (unpaired) electrons. The van der Waals surface area contributed by atoms with Crippen LogP contribution in [0.15, 0.2) is 29.2 Å². The largest absolute Gasteiger partial charge is 0.478 e. The quantitative estimate of drug-likeness (QED) is 0.550. The number of hydrogen-bond donors (Lipinski definition) is 1. The maximum atomic E-state index is 11.7. The number of nitriles is 1. The molecule has 0 aliphatic rings. The van der Waals surface area contributed by atoms with E-state index in [0.717, 1.165) is 17.5 Å². The van der Waals surface area contributed by atoms with Gasteiger partial charge >= 0.3 is 0 Å². The molecule has 2 rings (SSSR count). The van der Waals surface area contributed by atoms with Gasteiger partial charge in [0.05, 0.1) is 6.61 Å². The molecule has 0 aliphatic carbocycles. The number of H-pyrrole nitrogens is 1. The van der Waals surface area contributed by atoms with E-state index < -0.39 is 8.32 Å². The summed E-state index contributed by atoms with van der Waals surface area (Å²) >= 11 is 0. The Morgan fingerprint density at radius 1 is 1.25 bits per heavy atom. The lowest BCUT2D eigenvalue weighted by Gasteiger charge is -2.36. The molecule has 2 heterocycles. The van der Waals surface area contributed by atoms with Crippen molar-refractivity contribution in [1.82, 2.24) is 9.97 Å². The van der Waals surface area contributed by atoms with Crippen LogP contribution in [0, 0.1) is 18.3 Å². The fourth-order valence-corrected chi connectivity index (χ4v) is 3.53. The summed E-state index contributed by atoms with van der Waals surface area (Å²) in [6.07, 6.45) is 2.45. The smallest absolute Gasteiger partial charge is 0.266 e. The number of rotatable bonds is 7. The van der Waals surface area contributed by atoms with Crippen molar-refractivity contribution >= 4 is 8.32 Å². The van der Waals surface area contributed by atoms with E-state index in [0.29, 0.717) is 24.8 Å². The van der Waals surface area contributed by atoms with Gasteiger partial charge in [-0.3, -0.25) is 4.79 Å². The normalized spacial score (nSPS) is 11.9. The van der Waals surface area contributed by atoms with Crippen LogP contribution in [0.5, 0.6) is 5.88 Å². The summed E-state index contributed by atoms with van der Waals surface area (Å²) in [5, 5.41) is 9.29. The molecule has 6 nitrogen and oxygen atoms in total. The lowest BCUT2D eigenvalue weighted by Crippen LogP contribution is -2.41. The minimum Gasteiger partial charge on any atom is -0.478 e. The van der Waals surface area contributed by atoms with Crippen molar-refractivity contribution in [2.45, 2.75) is 52.2 Å². The van der Waals surface area contributed by atoms with Gasteiger partial charge in [0.1, 0.15) is 11.6 Å². The van der Waals surface area contributed by atoms with Crippen LogP contribution in [0.1, 0.15) is 38.4 Å². The van der Waals surface area contributed by atoms with Gasteiger partial charge in [0.25, 0.3) is 5.56 Å². The van der Waals surface area contributed by atoms with E-state index in [2.05, 4.69) is 43.8 Å². The van der Waals surface area contributed by atoms with Gasteiger partial charge < -0.3 is 14.1 Å². The number of aromatic amines is 1. The molecule has 0 amide bonds. The highest BCUT2D eigenvalue weighted by Gasteiger charge is 2.36. The Morgan fingerprint density at radius 2 is 1.96 bits per heavy atom. The van der Waals surface area contributed by atoms with Crippen molar-refractivity contribution < 1.29 is 9.16 Å². The molecule has 2 aromatic rings. The van der Waals surface area contributed by atoms with Crippen LogP contribution < -0.4 is 10.3 Å². The topological polar surface area (TPSA) is 88.0 Å². The molecule has 0 bridgehead atoms. The highest BCUT2D eigenvalue weighted by atomic mass is 28.4. The van der Waals surface area contributed by atoms with Gasteiger partial charge in [-0.05, 0) is 42.8 Å². The minimum absolute atomic E-state index is 0.0858. The second-order valence-electron chi connectivity index (χ2n) is 8.36. The zero-order valence-electron chi connectivity index (χ0n) is 17.5. The molecule has 150 valence electrons. The third kappa shape index (κ3) is 5.30. The van der Waals surface area contributed by atoms with Gasteiger partial charge in [0, 0.05) is 36.5 Å². The highest BCUT2D eigenvalue weighted by molar-refractivity contribution is 6.74. The summed E-state index contributed by atoms with van der Waals surface area (Å²) in [5.41, 5.74) is 2.03. The minimum atomic E-state index is -1.73. The predicted molar refractivity (Wildman–Crippen MR) is 113 cm³/mol. The zero-order chi connectivity index (χ0) is 20.9. The third-order valence-electron chi connectivity index (χ3n) is 5.21. The summed E-state index contributed by atoms with van der Waals surface area (Å²) in [6.45, 7) is 14.1. The fourth-order valence-electron chi connectivity index (χ4n) is 2.44. The van der Waals surface area contributed by atoms with Crippen LogP contribution in [0.4, 0.5) is 0 Å². The molecule has 0 saturated heterocycles. The number of ether oxygens (including phenoxy) is 1. The number of nitrogens with one attached hydrogen (secondary N) is 1. The Morgan fingerprint density at radius 3 is 2.61 bits per heavy atom. The second-order valence-corrected chi connectivity index (χ2v) is 13.2. The predicted octanol–water partition coefficient (Wildman–Crippen LogP) is 4.41. The van der Waals surface area contributed by atoms with E-state index in [-0.39, 0.29) is 16.2 Å². The van der Waals surface area contributed by atoms with Gasteiger partial charge in [-0.25, -0.2) is 4.98 Å². The molecule has 0 fully saturated rings. The Hall–Kier alpha value is -2.43. The first kappa shape index (κ1) is 21.9. The van der Waals surface area contributed by atoms with Gasteiger partial charge in [0.15, 0.2) is 8.32 Å². The standard InChI is InChI=1S/C21H29N3O3Si/c1-15-18(12-17(14-22)20(25)24-15)16-8-9-23-19(13-16)26-10-7-11-27-28(5,6)21(2,3)4/h8-9,12-13H,7,10-11H2,1-6H3,(H,24,25). The molecule has 0 saturated carbocycles. The van der Waals surface area contributed by atoms with Crippen molar-refractivity contribution in [3.05, 3.63) is 46.0 Å².